The molecule has 20 heavy (non-hydrogen) atoms. The van der Waals surface area contributed by atoms with Gasteiger partial charge in [0.05, 0.1) is 0 Å². The summed E-state index contributed by atoms with van der Waals surface area (Å²) in [7, 11) is 0. The van der Waals surface area contributed by atoms with Crippen molar-refractivity contribution in [3.05, 3.63) is 48.6 Å². The maximum Gasteiger partial charge on any atom is 0.335 e. The highest BCUT2D eigenvalue weighted by molar-refractivity contribution is 5.86. The van der Waals surface area contributed by atoms with Crippen LogP contribution >= 0.6 is 0 Å². The molecule has 0 fully saturated rings. The summed E-state index contributed by atoms with van der Waals surface area (Å²) < 4.78 is 10.3. The van der Waals surface area contributed by atoms with Crippen LogP contribution in [0.3, 0.4) is 0 Å². The first-order valence-corrected chi connectivity index (χ1v) is 6.40. The predicted octanol–water partition coefficient (Wildman–Crippen LogP) is 2.99. The zero-order valence-corrected chi connectivity index (χ0v) is 11.8. The number of carbonyl (C=O) groups is 2. The fourth-order valence-electron chi connectivity index (χ4n) is 1.85. The van der Waals surface area contributed by atoms with Gasteiger partial charge in [-0.15, -0.1) is 0 Å². The number of esters is 2. The third kappa shape index (κ3) is 3.57. The van der Waals surface area contributed by atoms with E-state index in [1.165, 1.54) is 0 Å². The van der Waals surface area contributed by atoms with Crippen LogP contribution in [0, 0.1) is 0 Å². The summed E-state index contributed by atoms with van der Waals surface area (Å²) in [6.07, 6.45) is 3.57. The maximum absolute atomic E-state index is 11.5. The second-order valence-corrected chi connectivity index (χ2v) is 3.99. The summed E-state index contributed by atoms with van der Waals surface area (Å²) in [6.45, 7) is 10.7. The van der Waals surface area contributed by atoms with Crippen LogP contribution < -0.4 is 9.47 Å². The minimum Gasteiger partial charge on any atom is -0.419 e. The molecule has 0 spiro atoms. The molecule has 0 aliphatic carbocycles. The van der Waals surface area contributed by atoms with E-state index in [2.05, 4.69) is 13.2 Å². The van der Waals surface area contributed by atoms with Crippen molar-refractivity contribution in [3.63, 3.8) is 0 Å². The molecular weight excluding hydrogens is 256 g/mol. The van der Waals surface area contributed by atoms with Crippen LogP contribution in [0.5, 0.6) is 11.5 Å². The molecule has 0 radical (unpaired) electrons. The lowest BCUT2D eigenvalue weighted by Gasteiger charge is -2.15. The number of hydrogen-bond donors (Lipinski definition) is 0. The van der Waals surface area contributed by atoms with Gasteiger partial charge in [0.2, 0.25) is 0 Å². The second kappa shape index (κ2) is 7.28. The average molecular weight is 274 g/mol. The lowest BCUT2D eigenvalue weighted by Crippen LogP contribution is -2.11. The minimum absolute atomic E-state index is 0.208. The summed E-state index contributed by atoms with van der Waals surface area (Å²) in [5.74, 6) is -0.720. The lowest BCUT2D eigenvalue weighted by molar-refractivity contribution is -0.131. The summed E-state index contributed by atoms with van der Waals surface area (Å²) in [5, 5.41) is 0. The Morgan fingerprint density at radius 1 is 1.05 bits per heavy atom. The molecular formula is C16H18O4. The van der Waals surface area contributed by atoms with Crippen molar-refractivity contribution in [2.75, 3.05) is 0 Å². The van der Waals surface area contributed by atoms with E-state index in [1.54, 1.807) is 6.07 Å². The molecule has 4 nitrogen and oxygen atoms in total. The molecule has 0 bridgehead atoms. The van der Waals surface area contributed by atoms with E-state index in [0.717, 1.165) is 29.7 Å². The average Bonchev–Trinajstić information content (AvgIpc) is 2.47. The fraction of sp³-hybridized carbons (Fsp3) is 0.250. The number of aryl methyl sites for hydroxylation is 1. The van der Waals surface area contributed by atoms with Crippen LogP contribution in [0.2, 0.25) is 0 Å². The molecule has 0 aliphatic heterocycles. The molecule has 0 aromatic heterocycles. The Balaban J connectivity index is 3.34. The van der Waals surface area contributed by atoms with Gasteiger partial charge in [0.15, 0.2) is 11.5 Å². The van der Waals surface area contributed by atoms with Crippen molar-refractivity contribution in [1.29, 1.82) is 0 Å². The van der Waals surface area contributed by atoms with Gasteiger partial charge in [-0.3, -0.25) is 0 Å². The van der Waals surface area contributed by atoms with Crippen molar-refractivity contribution in [1.82, 2.24) is 0 Å². The van der Waals surface area contributed by atoms with Crippen molar-refractivity contribution < 1.29 is 19.1 Å². The number of ether oxygens (including phenoxy) is 2. The van der Waals surface area contributed by atoms with Gasteiger partial charge in [-0.25, -0.2) is 9.59 Å². The summed E-state index contributed by atoms with van der Waals surface area (Å²) in [5.41, 5.74) is 1.88. The highest BCUT2D eigenvalue weighted by Gasteiger charge is 2.17. The number of benzene rings is 1. The highest BCUT2D eigenvalue weighted by Crippen LogP contribution is 2.35. The zero-order valence-electron chi connectivity index (χ0n) is 11.8. The lowest BCUT2D eigenvalue weighted by atomic mass is 10.0. The number of hydrogen-bond acceptors (Lipinski definition) is 4. The zero-order chi connectivity index (χ0) is 15.1. The third-order valence-electron chi connectivity index (χ3n) is 2.80. The third-order valence-corrected chi connectivity index (χ3v) is 2.80. The first-order chi connectivity index (χ1) is 9.57. The largest absolute Gasteiger partial charge is 0.419 e. The summed E-state index contributed by atoms with van der Waals surface area (Å²) in [4.78, 5) is 22.8. The van der Waals surface area contributed by atoms with Crippen molar-refractivity contribution in [2.45, 2.75) is 26.7 Å². The molecule has 0 saturated carbocycles. The van der Waals surface area contributed by atoms with E-state index in [0.29, 0.717) is 6.42 Å². The van der Waals surface area contributed by atoms with Gasteiger partial charge in [0.1, 0.15) is 0 Å². The molecule has 0 unspecified atom stereocenters. The minimum atomic E-state index is -0.604. The van der Waals surface area contributed by atoms with Crippen LogP contribution in [0.15, 0.2) is 37.4 Å². The van der Waals surface area contributed by atoms with Crippen LogP contribution in [0.1, 0.15) is 25.0 Å². The van der Waals surface area contributed by atoms with Gasteiger partial charge in [0, 0.05) is 17.7 Å². The molecule has 1 aromatic carbocycles. The van der Waals surface area contributed by atoms with E-state index in [-0.39, 0.29) is 11.5 Å². The Kier molecular flexibility index (Phi) is 5.72. The maximum atomic E-state index is 11.5. The highest BCUT2D eigenvalue weighted by atomic mass is 16.6. The molecule has 106 valence electrons. The summed E-state index contributed by atoms with van der Waals surface area (Å²) in [6, 6.07) is 3.47. The van der Waals surface area contributed by atoms with Crippen molar-refractivity contribution in [2.24, 2.45) is 0 Å². The van der Waals surface area contributed by atoms with E-state index >= 15 is 0 Å². The SMILES string of the molecule is C=CC(=O)Oc1ccc(CC)c(CC)c1OC(=O)C=C. The topological polar surface area (TPSA) is 52.6 Å². The predicted molar refractivity (Wildman–Crippen MR) is 76.9 cm³/mol. The van der Waals surface area contributed by atoms with E-state index in [1.807, 2.05) is 19.9 Å². The van der Waals surface area contributed by atoms with Crippen LogP contribution in [0.4, 0.5) is 0 Å². The van der Waals surface area contributed by atoms with Gasteiger partial charge in [-0.1, -0.05) is 33.1 Å². The van der Waals surface area contributed by atoms with E-state index < -0.39 is 11.9 Å². The molecule has 0 N–H and O–H groups in total. The molecule has 0 atom stereocenters. The Morgan fingerprint density at radius 3 is 2.15 bits per heavy atom. The molecule has 0 amide bonds. The molecule has 0 aliphatic rings. The normalized spacial score (nSPS) is 9.70. The first-order valence-electron chi connectivity index (χ1n) is 6.40. The molecule has 4 heteroatoms. The van der Waals surface area contributed by atoms with Gasteiger partial charge in [0.25, 0.3) is 0 Å². The Morgan fingerprint density at radius 2 is 1.65 bits per heavy atom. The van der Waals surface area contributed by atoms with Gasteiger partial charge >= 0.3 is 11.9 Å². The van der Waals surface area contributed by atoms with Crippen LogP contribution in [-0.4, -0.2) is 11.9 Å². The number of rotatable bonds is 6. The quantitative estimate of drug-likeness (QED) is 0.454. The Hall–Kier alpha value is -2.36. The monoisotopic (exact) mass is 274 g/mol. The van der Waals surface area contributed by atoms with E-state index in [4.69, 9.17) is 9.47 Å². The molecule has 0 heterocycles. The standard InChI is InChI=1S/C16H18O4/c1-5-11-9-10-13(19-14(17)7-3)16(12(11)6-2)20-15(18)8-4/h7-10H,3-6H2,1-2H3. The van der Waals surface area contributed by atoms with Crippen molar-refractivity contribution >= 4 is 11.9 Å². The second-order valence-electron chi connectivity index (χ2n) is 3.99. The van der Waals surface area contributed by atoms with Gasteiger partial charge in [-0.05, 0) is 24.5 Å². The Bertz CT molecular complexity index is 544. The smallest absolute Gasteiger partial charge is 0.335 e. The van der Waals surface area contributed by atoms with Gasteiger partial charge in [-0.2, -0.15) is 0 Å². The van der Waals surface area contributed by atoms with E-state index in [9.17, 15) is 9.59 Å². The first kappa shape index (κ1) is 15.7. The molecule has 1 aromatic rings. The molecule has 1 rings (SSSR count). The number of carbonyl (C=O) groups excluding carboxylic acids is 2. The van der Waals surface area contributed by atoms with Crippen LogP contribution in [-0.2, 0) is 22.4 Å². The van der Waals surface area contributed by atoms with Crippen molar-refractivity contribution in [3.8, 4) is 11.5 Å². The molecule has 0 saturated heterocycles. The summed E-state index contributed by atoms with van der Waals surface area (Å²) >= 11 is 0. The Labute approximate surface area is 118 Å². The van der Waals surface area contributed by atoms with Crippen LogP contribution in [0.25, 0.3) is 0 Å². The van der Waals surface area contributed by atoms with Gasteiger partial charge < -0.3 is 9.47 Å². The fourth-order valence-corrected chi connectivity index (χ4v) is 1.85.